The van der Waals surface area contributed by atoms with Crippen molar-refractivity contribution in [2.75, 3.05) is 0 Å². The van der Waals surface area contributed by atoms with Gasteiger partial charge in [0.1, 0.15) is 0 Å². The molecule has 3 nitrogen and oxygen atoms in total. The first-order chi connectivity index (χ1) is 12.7. The average Bonchev–Trinajstić information content (AvgIpc) is 2.68. The first-order valence-corrected chi connectivity index (χ1v) is 9.09. The van der Waals surface area contributed by atoms with Crippen molar-refractivity contribution in [1.82, 2.24) is 4.98 Å². The van der Waals surface area contributed by atoms with E-state index in [2.05, 4.69) is 29.2 Å². The van der Waals surface area contributed by atoms with Crippen LogP contribution in [0.5, 0.6) is 0 Å². The second kappa shape index (κ2) is 7.22. The van der Waals surface area contributed by atoms with E-state index in [0.717, 1.165) is 42.5 Å². The molecule has 0 spiro atoms. The van der Waals surface area contributed by atoms with E-state index in [1.54, 1.807) is 6.20 Å². The van der Waals surface area contributed by atoms with Crippen LogP contribution in [0.3, 0.4) is 0 Å². The molecule has 0 atom stereocenters. The Balaban J connectivity index is 1.64. The van der Waals surface area contributed by atoms with Gasteiger partial charge >= 0.3 is 0 Å². The second-order valence-electron chi connectivity index (χ2n) is 6.88. The minimum Gasteiger partial charge on any atom is -0.385 e. The Bertz CT molecular complexity index is 883. The summed E-state index contributed by atoms with van der Waals surface area (Å²) in [5.74, 6) is 0.673. The quantitative estimate of drug-likeness (QED) is 0.676. The lowest BCUT2D eigenvalue weighted by Crippen LogP contribution is -2.33. The third-order valence-electron chi connectivity index (χ3n) is 5.04. The number of aliphatic hydroxyl groups is 1. The molecule has 1 saturated carbocycles. The highest BCUT2D eigenvalue weighted by Gasteiger charge is 2.36. The molecule has 1 heterocycles. The Hall–Kier alpha value is -2.78. The van der Waals surface area contributed by atoms with Gasteiger partial charge in [-0.1, -0.05) is 66.7 Å². The molecule has 0 radical (unpaired) electrons. The highest BCUT2D eigenvalue weighted by molar-refractivity contribution is 6.03. The van der Waals surface area contributed by atoms with Gasteiger partial charge in [0.05, 0.1) is 11.3 Å². The van der Waals surface area contributed by atoms with E-state index in [-0.39, 0.29) is 0 Å². The van der Waals surface area contributed by atoms with E-state index in [1.165, 1.54) is 5.56 Å². The maximum Gasteiger partial charge on any atom is 0.152 e. The fraction of sp³-hybridized carbons (Fsp3) is 0.217. The molecule has 0 aliphatic heterocycles. The Morgan fingerprint density at radius 2 is 1.62 bits per heavy atom. The molecule has 4 rings (SSSR count). The van der Waals surface area contributed by atoms with Crippen LogP contribution >= 0.6 is 0 Å². The Morgan fingerprint density at radius 3 is 2.19 bits per heavy atom. The van der Waals surface area contributed by atoms with Crippen molar-refractivity contribution in [2.24, 2.45) is 4.99 Å². The molecular formula is C23H22N2O. The van der Waals surface area contributed by atoms with Crippen molar-refractivity contribution in [3.8, 4) is 0 Å². The van der Waals surface area contributed by atoms with E-state index in [9.17, 15) is 5.11 Å². The predicted octanol–water partition coefficient (Wildman–Crippen LogP) is 4.82. The van der Waals surface area contributed by atoms with Crippen LogP contribution in [0.2, 0.25) is 0 Å². The summed E-state index contributed by atoms with van der Waals surface area (Å²) in [6, 6.07) is 24.4. The lowest BCUT2D eigenvalue weighted by Gasteiger charge is -2.36. The Labute approximate surface area is 154 Å². The third kappa shape index (κ3) is 3.58. The van der Waals surface area contributed by atoms with E-state index >= 15 is 0 Å². The molecular weight excluding hydrogens is 320 g/mol. The zero-order chi connectivity index (χ0) is 17.8. The van der Waals surface area contributed by atoms with Crippen molar-refractivity contribution < 1.29 is 5.11 Å². The van der Waals surface area contributed by atoms with Gasteiger partial charge in [-0.25, -0.2) is 9.98 Å². The Morgan fingerprint density at radius 1 is 0.923 bits per heavy atom. The molecule has 0 unspecified atom stereocenters. The molecule has 1 fully saturated rings. The summed E-state index contributed by atoms with van der Waals surface area (Å²) in [6.45, 7) is 0. The first-order valence-electron chi connectivity index (χ1n) is 9.09. The number of pyridine rings is 1. The zero-order valence-electron chi connectivity index (χ0n) is 14.7. The minimum absolute atomic E-state index is 0.673. The van der Waals surface area contributed by atoms with Crippen LogP contribution in [-0.4, -0.2) is 15.8 Å². The highest BCUT2D eigenvalue weighted by atomic mass is 16.3. The number of rotatable bonds is 5. The van der Waals surface area contributed by atoms with Gasteiger partial charge < -0.3 is 5.11 Å². The SMILES string of the molecule is OC1(c2ccc(/N=C(\Cc3ccccc3)c3ccccc3)nc2)CCC1. The monoisotopic (exact) mass is 342 g/mol. The van der Waals surface area contributed by atoms with Gasteiger partial charge in [-0.05, 0) is 36.5 Å². The molecule has 0 amide bonds. The van der Waals surface area contributed by atoms with Crippen LogP contribution in [0.15, 0.2) is 84.0 Å². The predicted molar refractivity (Wildman–Crippen MR) is 105 cm³/mol. The van der Waals surface area contributed by atoms with Crippen LogP contribution < -0.4 is 0 Å². The van der Waals surface area contributed by atoms with E-state index in [4.69, 9.17) is 4.99 Å². The van der Waals surface area contributed by atoms with Gasteiger partial charge in [0.2, 0.25) is 0 Å². The van der Waals surface area contributed by atoms with Gasteiger partial charge in [-0.15, -0.1) is 0 Å². The topological polar surface area (TPSA) is 45.5 Å². The second-order valence-corrected chi connectivity index (χ2v) is 6.88. The maximum absolute atomic E-state index is 10.5. The van der Waals surface area contributed by atoms with Gasteiger partial charge in [0, 0.05) is 18.2 Å². The number of aromatic nitrogens is 1. The van der Waals surface area contributed by atoms with E-state index in [1.807, 2.05) is 48.5 Å². The minimum atomic E-state index is -0.679. The summed E-state index contributed by atoms with van der Waals surface area (Å²) >= 11 is 0. The summed E-state index contributed by atoms with van der Waals surface area (Å²) < 4.78 is 0. The summed E-state index contributed by atoms with van der Waals surface area (Å²) in [5.41, 5.74) is 3.52. The maximum atomic E-state index is 10.5. The van der Waals surface area contributed by atoms with Gasteiger partial charge in [-0.3, -0.25) is 0 Å². The average molecular weight is 342 g/mol. The van der Waals surface area contributed by atoms with Crippen LogP contribution in [-0.2, 0) is 12.0 Å². The number of aliphatic imine (C=N–C) groups is 1. The summed E-state index contributed by atoms with van der Waals surface area (Å²) in [5, 5.41) is 10.5. The molecule has 130 valence electrons. The number of nitrogens with zero attached hydrogens (tertiary/aromatic N) is 2. The van der Waals surface area contributed by atoms with Crippen molar-refractivity contribution in [3.05, 3.63) is 95.7 Å². The third-order valence-corrected chi connectivity index (χ3v) is 5.04. The number of benzene rings is 2. The Kier molecular flexibility index (Phi) is 4.63. The molecule has 1 N–H and O–H groups in total. The van der Waals surface area contributed by atoms with Crippen LogP contribution in [0, 0.1) is 0 Å². The molecule has 1 aliphatic carbocycles. The molecule has 3 heteroatoms. The van der Waals surface area contributed by atoms with Crippen molar-refractivity contribution >= 4 is 11.5 Å². The van der Waals surface area contributed by atoms with E-state index in [0.29, 0.717) is 5.82 Å². The summed E-state index contributed by atoms with van der Waals surface area (Å²) in [4.78, 5) is 9.30. The molecule has 26 heavy (non-hydrogen) atoms. The molecule has 0 saturated heterocycles. The largest absolute Gasteiger partial charge is 0.385 e. The van der Waals surface area contributed by atoms with E-state index < -0.39 is 5.60 Å². The first kappa shape index (κ1) is 16.7. The van der Waals surface area contributed by atoms with Crippen LogP contribution in [0.1, 0.15) is 36.0 Å². The molecule has 1 aliphatic rings. The lowest BCUT2D eigenvalue weighted by molar-refractivity contribution is -0.0390. The fourth-order valence-electron chi connectivity index (χ4n) is 3.29. The smallest absolute Gasteiger partial charge is 0.152 e. The number of hydrogen-bond acceptors (Lipinski definition) is 3. The van der Waals surface area contributed by atoms with Crippen molar-refractivity contribution in [2.45, 2.75) is 31.3 Å². The normalized spacial score (nSPS) is 16.1. The van der Waals surface area contributed by atoms with Crippen LogP contribution in [0.25, 0.3) is 0 Å². The fourth-order valence-corrected chi connectivity index (χ4v) is 3.29. The van der Waals surface area contributed by atoms with Crippen LogP contribution in [0.4, 0.5) is 5.82 Å². The van der Waals surface area contributed by atoms with Crippen molar-refractivity contribution in [1.29, 1.82) is 0 Å². The summed E-state index contributed by atoms with van der Waals surface area (Å²) in [7, 11) is 0. The standard InChI is InChI=1S/C23H22N2O/c26-23(14-7-15-23)20-12-13-22(24-17-20)25-21(19-10-5-2-6-11-19)16-18-8-3-1-4-9-18/h1-6,8-13,17,26H,7,14-16H2/b25-21+. The summed E-state index contributed by atoms with van der Waals surface area (Å²) in [6.07, 6.45) is 5.23. The lowest BCUT2D eigenvalue weighted by atomic mass is 9.76. The number of hydrogen-bond donors (Lipinski definition) is 1. The molecule has 1 aromatic heterocycles. The zero-order valence-corrected chi connectivity index (χ0v) is 14.7. The van der Waals surface area contributed by atoms with Gasteiger partial charge in [-0.2, -0.15) is 0 Å². The van der Waals surface area contributed by atoms with Gasteiger partial charge in [0.25, 0.3) is 0 Å². The molecule has 3 aromatic rings. The van der Waals surface area contributed by atoms with Gasteiger partial charge in [0.15, 0.2) is 5.82 Å². The van der Waals surface area contributed by atoms with Crippen molar-refractivity contribution in [3.63, 3.8) is 0 Å². The molecule has 2 aromatic carbocycles. The molecule has 0 bridgehead atoms. The highest BCUT2D eigenvalue weighted by Crippen LogP contribution is 2.40.